The lowest BCUT2D eigenvalue weighted by Gasteiger charge is -2.28. The number of aromatic amines is 1. The van der Waals surface area contributed by atoms with Gasteiger partial charge in [-0.1, -0.05) is 41.9 Å². The van der Waals surface area contributed by atoms with Crippen molar-refractivity contribution in [3.8, 4) is 0 Å². The lowest BCUT2D eigenvalue weighted by Crippen LogP contribution is -2.36. The van der Waals surface area contributed by atoms with Crippen LogP contribution >= 0.6 is 11.6 Å². The third-order valence-corrected chi connectivity index (χ3v) is 5.10. The van der Waals surface area contributed by atoms with Gasteiger partial charge in [0, 0.05) is 22.6 Å². The van der Waals surface area contributed by atoms with Gasteiger partial charge in [-0.15, -0.1) is 0 Å². The SMILES string of the molecule is Cc1ncc(CCC2(c3cccc(Cl)c3)C(=O)Nc3ccccc32)[nH]1. The lowest BCUT2D eigenvalue weighted by molar-refractivity contribution is -0.119. The monoisotopic (exact) mass is 351 g/mol. The Balaban J connectivity index is 1.82. The van der Waals surface area contributed by atoms with Crippen LogP contribution in [0.15, 0.2) is 54.7 Å². The molecule has 126 valence electrons. The molecule has 5 heteroatoms. The average molecular weight is 352 g/mol. The number of rotatable bonds is 4. The van der Waals surface area contributed by atoms with Crippen LogP contribution in [-0.4, -0.2) is 15.9 Å². The maximum Gasteiger partial charge on any atom is 0.239 e. The third kappa shape index (κ3) is 2.63. The molecule has 0 spiro atoms. The van der Waals surface area contributed by atoms with Crippen molar-refractivity contribution in [1.82, 2.24) is 9.97 Å². The number of halogens is 1. The maximum atomic E-state index is 13.1. The van der Waals surface area contributed by atoms with E-state index in [0.29, 0.717) is 11.4 Å². The standard InChI is InChI=1S/C20H18ClN3O/c1-13-22-12-16(23-13)9-10-20(14-5-4-6-15(21)11-14)17-7-2-3-8-18(17)24-19(20)25/h2-8,11-12H,9-10H2,1H3,(H,22,23)(H,24,25). The summed E-state index contributed by atoms with van der Waals surface area (Å²) < 4.78 is 0. The first-order valence-electron chi connectivity index (χ1n) is 8.27. The van der Waals surface area contributed by atoms with Crippen LogP contribution < -0.4 is 5.32 Å². The van der Waals surface area contributed by atoms with E-state index in [0.717, 1.165) is 34.8 Å². The van der Waals surface area contributed by atoms with Gasteiger partial charge in [0.2, 0.25) is 5.91 Å². The molecule has 1 unspecified atom stereocenters. The number of aryl methyl sites for hydroxylation is 2. The number of carbonyl (C=O) groups is 1. The van der Waals surface area contributed by atoms with E-state index in [1.165, 1.54) is 0 Å². The topological polar surface area (TPSA) is 57.8 Å². The highest BCUT2D eigenvalue weighted by molar-refractivity contribution is 6.30. The number of carbonyl (C=O) groups excluding carboxylic acids is 1. The molecule has 0 radical (unpaired) electrons. The molecule has 1 atom stereocenters. The van der Waals surface area contributed by atoms with Gasteiger partial charge in [-0.05, 0) is 49.1 Å². The lowest BCUT2D eigenvalue weighted by atomic mass is 9.72. The number of fused-ring (bicyclic) bond motifs is 1. The van der Waals surface area contributed by atoms with Crippen LogP contribution in [0.5, 0.6) is 0 Å². The van der Waals surface area contributed by atoms with E-state index in [-0.39, 0.29) is 5.91 Å². The molecule has 25 heavy (non-hydrogen) atoms. The van der Waals surface area contributed by atoms with Gasteiger partial charge in [0.1, 0.15) is 11.2 Å². The number of amides is 1. The van der Waals surface area contributed by atoms with Crippen LogP contribution in [0, 0.1) is 6.92 Å². The first kappa shape index (κ1) is 15.9. The van der Waals surface area contributed by atoms with Gasteiger partial charge in [0.15, 0.2) is 0 Å². The Hall–Kier alpha value is -2.59. The van der Waals surface area contributed by atoms with Gasteiger partial charge in [-0.2, -0.15) is 0 Å². The van der Waals surface area contributed by atoms with Crippen LogP contribution in [0.1, 0.15) is 29.1 Å². The van der Waals surface area contributed by atoms with Crippen LogP contribution in [0.3, 0.4) is 0 Å². The number of H-pyrrole nitrogens is 1. The predicted octanol–water partition coefficient (Wildman–Crippen LogP) is 4.24. The summed E-state index contributed by atoms with van der Waals surface area (Å²) in [5.41, 5.74) is 3.06. The summed E-state index contributed by atoms with van der Waals surface area (Å²) in [6, 6.07) is 15.5. The number of para-hydroxylation sites is 1. The third-order valence-electron chi connectivity index (χ3n) is 4.86. The number of imidazole rings is 1. The molecule has 4 nitrogen and oxygen atoms in total. The Morgan fingerprint density at radius 3 is 2.76 bits per heavy atom. The van der Waals surface area contributed by atoms with Gasteiger partial charge in [-0.3, -0.25) is 4.79 Å². The molecule has 0 aliphatic carbocycles. The van der Waals surface area contributed by atoms with E-state index >= 15 is 0 Å². The fourth-order valence-corrected chi connectivity index (χ4v) is 3.86. The summed E-state index contributed by atoms with van der Waals surface area (Å²) in [7, 11) is 0. The summed E-state index contributed by atoms with van der Waals surface area (Å²) in [5, 5.41) is 3.67. The molecule has 2 N–H and O–H groups in total. The summed E-state index contributed by atoms with van der Waals surface area (Å²) in [5.74, 6) is 0.871. The zero-order chi connectivity index (χ0) is 17.4. The summed E-state index contributed by atoms with van der Waals surface area (Å²) in [6.45, 7) is 1.92. The molecule has 0 bridgehead atoms. The minimum atomic E-state index is -0.749. The smallest absolute Gasteiger partial charge is 0.239 e. The van der Waals surface area contributed by atoms with E-state index in [2.05, 4.69) is 15.3 Å². The van der Waals surface area contributed by atoms with Gasteiger partial charge in [-0.25, -0.2) is 4.98 Å². The van der Waals surface area contributed by atoms with Gasteiger partial charge < -0.3 is 10.3 Å². The zero-order valence-corrected chi connectivity index (χ0v) is 14.6. The van der Waals surface area contributed by atoms with Crippen molar-refractivity contribution in [2.75, 3.05) is 5.32 Å². The average Bonchev–Trinajstić information content (AvgIpc) is 3.14. The Kier molecular flexibility index (Phi) is 3.85. The van der Waals surface area contributed by atoms with Crippen molar-refractivity contribution < 1.29 is 4.79 Å². The van der Waals surface area contributed by atoms with Crippen molar-refractivity contribution in [2.45, 2.75) is 25.2 Å². The van der Waals surface area contributed by atoms with E-state index in [1.54, 1.807) is 0 Å². The van der Waals surface area contributed by atoms with Crippen molar-refractivity contribution >= 4 is 23.2 Å². The minimum Gasteiger partial charge on any atom is -0.346 e. The number of nitrogens with zero attached hydrogens (tertiary/aromatic N) is 1. The van der Waals surface area contributed by atoms with Crippen molar-refractivity contribution in [1.29, 1.82) is 0 Å². The minimum absolute atomic E-state index is 0.00722. The fraction of sp³-hybridized carbons (Fsp3) is 0.200. The molecule has 1 aromatic heterocycles. The quantitative estimate of drug-likeness (QED) is 0.738. The molecule has 1 aliphatic heterocycles. The second-order valence-electron chi connectivity index (χ2n) is 6.41. The molecule has 4 rings (SSSR count). The molecule has 3 aromatic rings. The van der Waals surface area contributed by atoms with Crippen LogP contribution in [-0.2, 0) is 16.6 Å². The zero-order valence-electron chi connectivity index (χ0n) is 13.8. The number of anilines is 1. The van der Waals surface area contributed by atoms with Crippen molar-refractivity contribution in [3.05, 3.63) is 82.4 Å². The van der Waals surface area contributed by atoms with Crippen molar-refractivity contribution in [2.24, 2.45) is 0 Å². The Morgan fingerprint density at radius 2 is 2.00 bits per heavy atom. The van der Waals surface area contributed by atoms with Crippen LogP contribution in [0.25, 0.3) is 0 Å². The first-order valence-corrected chi connectivity index (χ1v) is 8.65. The number of aromatic nitrogens is 2. The van der Waals surface area contributed by atoms with Gasteiger partial charge in [0.05, 0.1) is 0 Å². The summed E-state index contributed by atoms with van der Waals surface area (Å²) in [6.07, 6.45) is 3.19. The van der Waals surface area contributed by atoms with Crippen molar-refractivity contribution in [3.63, 3.8) is 0 Å². The number of nitrogens with one attached hydrogen (secondary N) is 2. The molecule has 2 aromatic carbocycles. The number of benzene rings is 2. The maximum absolute atomic E-state index is 13.1. The summed E-state index contributed by atoms with van der Waals surface area (Å²) >= 11 is 6.23. The second-order valence-corrected chi connectivity index (χ2v) is 6.85. The molecular weight excluding hydrogens is 334 g/mol. The van der Waals surface area contributed by atoms with Gasteiger partial charge >= 0.3 is 0 Å². The van der Waals surface area contributed by atoms with E-state index < -0.39 is 5.41 Å². The van der Waals surface area contributed by atoms with Crippen LogP contribution in [0.4, 0.5) is 5.69 Å². The normalized spacial score (nSPS) is 18.9. The van der Waals surface area contributed by atoms with Gasteiger partial charge in [0.25, 0.3) is 0 Å². The highest BCUT2D eigenvalue weighted by Crippen LogP contribution is 2.46. The van der Waals surface area contributed by atoms with Crippen LogP contribution in [0.2, 0.25) is 5.02 Å². The molecule has 0 saturated carbocycles. The largest absolute Gasteiger partial charge is 0.346 e. The van der Waals surface area contributed by atoms with E-state index in [1.807, 2.05) is 61.7 Å². The number of hydrogen-bond acceptors (Lipinski definition) is 2. The molecule has 0 fully saturated rings. The highest BCUT2D eigenvalue weighted by atomic mass is 35.5. The highest BCUT2D eigenvalue weighted by Gasteiger charge is 2.47. The van der Waals surface area contributed by atoms with E-state index in [9.17, 15) is 4.79 Å². The second kappa shape index (κ2) is 6.05. The molecule has 2 heterocycles. The summed E-state index contributed by atoms with van der Waals surface area (Å²) in [4.78, 5) is 20.6. The molecule has 1 amide bonds. The predicted molar refractivity (Wildman–Crippen MR) is 98.9 cm³/mol. The fourth-order valence-electron chi connectivity index (χ4n) is 3.67. The molecule has 0 saturated heterocycles. The number of hydrogen-bond donors (Lipinski definition) is 2. The molecular formula is C20H18ClN3O. The Morgan fingerprint density at radius 1 is 1.16 bits per heavy atom. The Labute approximate surface area is 151 Å². The van der Waals surface area contributed by atoms with E-state index in [4.69, 9.17) is 11.6 Å². The first-order chi connectivity index (χ1) is 12.1. The Bertz CT molecular complexity index is 949. The molecule has 1 aliphatic rings.